The minimum atomic E-state index is 0. The Morgan fingerprint density at radius 3 is 0.771 bits per heavy atom. The van der Waals surface area contributed by atoms with Crippen LogP contribution in [0.4, 0.5) is 0 Å². The summed E-state index contributed by atoms with van der Waals surface area (Å²) in [6.07, 6.45) is 0.875. The van der Waals surface area contributed by atoms with E-state index in [0.29, 0.717) is 6.61 Å². The van der Waals surface area contributed by atoms with Crippen LogP contribution >= 0.6 is 0 Å². The van der Waals surface area contributed by atoms with E-state index in [1.807, 2.05) is 61.5 Å². The summed E-state index contributed by atoms with van der Waals surface area (Å²) in [5.41, 5.74) is 3.99. The fraction of sp³-hybridized carbons (Fsp3) is 0.364. The third-order valence-electron chi connectivity index (χ3n) is 4.89. The predicted octanol–water partition coefficient (Wildman–Crippen LogP) is 8.78. The van der Waals surface area contributed by atoms with Gasteiger partial charge in [0, 0.05) is 6.61 Å². The number of hydrogen-bond donors (Lipinski definition) is 1. The number of rotatable bonds is 4. The van der Waals surface area contributed by atoms with Gasteiger partial charge in [0.25, 0.3) is 0 Å². The molecule has 0 saturated carbocycles. The van der Waals surface area contributed by atoms with Crippen LogP contribution in [0.5, 0.6) is 0 Å². The fourth-order valence-corrected chi connectivity index (χ4v) is 2.67. The van der Waals surface area contributed by atoms with E-state index in [2.05, 4.69) is 98.7 Å². The molecule has 0 aliphatic rings. The normalized spacial score (nSPS) is 10.7. The number of hydrogen-bond acceptors (Lipinski definition) is 1. The molecule has 2 heteroatoms. The van der Waals surface area contributed by atoms with Gasteiger partial charge < -0.3 is 25.9 Å². The van der Waals surface area contributed by atoms with Gasteiger partial charge in [-0.05, 0) is 6.42 Å². The topological polar surface area (TPSA) is 20.2 Å². The summed E-state index contributed by atoms with van der Waals surface area (Å²) in [6.45, 7) is 27.1. The van der Waals surface area contributed by atoms with Gasteiger partial charge in [-0.3, -0.25) is 0 Å². The summed E-state index contributed by atoms with van der Waals surface area (Å²) in [5, 5.41) is 7.88. The second-order valence-corrected chi connectivity index (χ2v) is 10.5. The zero-order valence-electron chi connectivity index (χ0n) is 23.1. The van der Waals surface area contributed by atoms with Crippen LogP contribution in [0.15, 0.2) is 91.0 Å². The van der Waals surface area contributed by atoms with Crippen molar-refractivity contribution >= 4 is 0 Å². The third-order valence-corrected chi connectivity index (χ3v) is 4.89. The van der Waals surface area contributed by atoms with E-state index in [-0.39, 0.29) is 38.0 Å². The van der Waals surface area contributed by atoms with Gasteiger partial charge >= 0.3 is 21.7 Å². The third kappa shape index (κ3) is 17.4. The smallest absolute Gasteiger partial charge is 0.396 e. The Morgan fingerprint density at radius 1 is 0.514 bits per heavy atom. The van der Waals surface area contributed by atoms with Crippen molar-refractivity contribution < 1.29 is 26.8 Å². The molecule has 3 rings (SSSR count). The first-order chi connectivity index (χ1) is 15.7. The molecule has 3 aromatic rings. The molecule has 0 amide bonds. The maximum atomic E-state index is 7.88. The maximum absolute atomic E-state index is 7.88. The summed E-state index contributed by atoms with van der Waals surface area (Å²) in [7, 11) is 0. The van der Waals surface area contributed by atoms with E-state index in [1.165, 1.54) is 16.7 Å². The molecule has 189 valence electrons. The minimum Gasteiger partial charge on any atom is -0.396 e. The first-order valence-corrected chi connectivity index (χ1v) is 12.1. The van der Waals surface area contributed by atoms with Gasteiger partial charge in [-0.2, -0.15) is 0 Å². The summed E-state index contributed by atoms with van der Waals surface area (Å²) in [4.78, 5) is 0. The van der Waals surface area contributed by atoms with Gasteiger partial charge in [-0.25, -0.2) is 0 Å². The van der Waals surface area contributed by atoms with Gasteiger partial charge in [-0.1, -0.05) is 156 Å². The molecule has 0 unspecified atom stereocenters. The predicted molar refractivity (Wildman–Crippen MR) is 152 cm³/mol. The molecule has 0 aromatic heterocycles. The molecule has 0 aliphatic carbocycles. The Bertz CT molecular complexity index is 733. The molecule has 0 spiro atoms. The van der Waals surface area contributed by atoms with E-state index in [1.54, 1.807) is 0 Å². The van der Waals surface area contributed by atoms with E-state index >= 15 is 0 Å². The van der Waals surface area contributed by atoms with Crippen LogP contribution in [-0.2, 0) is 38.0 Å². The molecule has 1 nitrogen and oxygen atoms in total. The Kier molecular flexibility index (Phi) is 18.0. The van der Waals surface area contributed by atoms with Crippen LogP contribution in [0.2, 0.25) is 0 Å². The van der Waals surface area contributed by atoms with Crippen molar-refractivity contribution in [1.29, 1.82) is 0 Å². The van der Waals surface area contributed by atoms with E-state index in [0.717, 1.165) is 6.42 Å². The maximum Gasteiger partial charge on any atom is 3.00 e. The molecule has 0 atom stereocenters. The van der Waals surface area contributed by atoms with Crippen molar-refractivity contribution in [3.63, 3.8) is 0 Å². The summed E-state index contributed by atoms with van der Waals surface area (Å²) >= 11 is 0. The van der Waals surface area contributed by atoms with E-state index < -0.39 is 0 Å². The Balaban J connectivity index is 0. The molecule has 0 saturated heterocycles. The Labute approximate surface area is 232 Å². The second kappa shape index (κ2) is 17.7. The molecule has 1 radical (unpaired) electrons. The Hall–Kier alpha value is -1.67. The molecule has 35 heavy (non-hydrogen) atoms. The monoisotopic (exact) mass is 507 g/mol. The molecular weight excluding hydrogens is 460 g/mol. The molecule has 3 aromatic carbocycles. The first-order valence-electron chi connectivity index (χ1n) is 12.1. The average molecular weight is 508 g/mol. The molecule has 0 aliphatic heterocycles. The van der Waals surface area contributed by atoms with Crippen molar-refractivity contribution in [3.05, 3.63) is 128 Å². The van der Waals surface area contributed by atoms with Crippen LogP contribution in [0, 0.1) is 20.8 Å². The van der Waals surface area contributed by atoms with Crippen molar-refractivity contribution in [1.82, 2.24) is 0 Å². The number of benzene rings is 3. The van der Waals surface area contributed by atoms with Crippen LogP contribution in [-0.4, -0.2) is 11.7 Å². The molecule has 0 bridgehead atoms. The Morgan fingerprint density at radius 2 is 0.686 bits per heavy atom. The van der Waals surface area contributed by atoms with Crippen LogP contribution in [0.3, 0.4) is 0 Å². The summed E-state index contributed by atoms with van der Waals surface area (Å²) in [5.74, 6) is 0. The van der Waals surface area contributed by atoms with Crippen LogP contribution in [0.1, 0.15) is 71.6 Å². The molecule has 0 fully saturated rings. The van der Waals surface area contributed by atoms with E-state index in [4.69, 9.17) is 5.11 Å². The van der Waals surface area contributed by atoms with Crippen molar-refractivity contribution in [2.24, 2.45) is 0 Å². The zero-order valence-corrected chi connectivity index (χ0v) is 24.7. The van der Waals surface area contributed by atoms with Gasteiger partial charge in [0.15, 0.2) is 0 Å². The SMILES string of the molecule is CCCO.[CH2-]C(C)(C)c1ccccc1.[CH2-]C(C)(C)c1ccccc1.[CH2-]C(C)(C)c1ccccc1.[Ti+3]. The van der Waals surface area contributed by atoms with Gasteiger partial charge in [0.1, 0.15) is 0 Å². The largest absolute Gasteiger partial charge is 3.00 e. The van der Waals surface area contributed by atoms with Crippen molar-refractivity contribution in [3.8, 4) is 0 Å². The molecule has 0 heterocycles. The molecule has 1 N–H and O–H groups in total. The first kappa shape index (κ1) is 35.5. The number of aliphatic hydroxyl groups excluding tert-OH is 1. The fourth-order valence-electron chi connectivity index (χ4n) is 2.67. The molecular formula is C33H47OTi. The van der Waals surface area contributed by atoms with Gasteiger partial charge in [0.05, 0.1) is 0 Å². The van der Waals surface area contributed by atoms with Gasteiger partial charge in [0.2, 0.25) is 0 Å². The van der Waals surface area contributed by atoms with Crippen molar-refractivity contribution in [2.75, 3.05) is 6.61 Å². The van der Waals surface area contributed by atoms with E-state index in [9.17, 15) is 0 Å². The van der Waals surface area contributed by atoms with Gasteiger partial charge in [-0.15, -0.1) is 16.2 Å². The average Bonchev–Trinajstić information content (AvgIpc) is 2.80. The van der Waals surface area contributed by atoms with Crippen LogP contribution < -0.4 is 0 Å². The zero-order chi connectivity index (χ0) is 26.3. The second-order valence-electron chi connectivity index (χ2n) is 10.5. The summed E-state index contributed by atoms with van der Waals surface area (Å²) < 4.78 is 0. The number of aliphatic hydroxyl groups is 1. The summed E-state index contributed by atoms with van der Waals surface area (Å²) in [6, 6.07) is 31.0. The van der Waals surface area contributed by atoms with Crippen LogP contribution in [0.25, 0.3) is 0 Å². The van der Waals surface area contributed by atoms with Crippen molar-refractivity contribution in [2.45, 2.75) is 71.1 Å². The standard InChI is InChI=1S/3C10H13.C3H8O.Ti/c3*1-10(2,3)9-7-5-4-6-8-9;1-2-3-4;/h3*4-8H,1H2,2-3H3;4H,2-3H2,1H3;/q3*-1;;+3. The quantitative estimate of drug-likeness (QED) is 0.276. The minimum absolute atomic E-state index is 0.